The number of carbonyl (C=O) groups excluding carboxylic acids is 1. The number of hydrogen-bond donors (Lipinski definition) is 1. The van der Waals surface area contributed by atoms with Crippen LogP contribution in [-0.2, 0) is 17.1 Å². The van der Waals surface area contributed by atoms with Crippen molar-refractivity contribution in [3.63, 3.8) is 0 Å². The summed E-state index contributed by atoms with van der Waals surface area (Å²) in [5.74, 6) is -0.597. The molecule has 0 aromatic heterocycles. The fourth-order valence-electron chi connectivity index (χ4n) is 3.85. The van der Waals surface area contributed by atoms with E-state index in [2.05, 4.69) is 5.32 Å². The highest BCUT2D eigenvalue weighted by Gasteiger charge is 2.38. The van der Waals surface area contributed by atoms with Crippen molar-refractivity contribution in [1.82, 2.24) is 10.2 Å². The lowest BCUT2D eigenvalue weighted by Crippen LogP contribution is -2.54. The van der Waals surface area contributed by atoms with Crippen molar-refractivity contribution in [1.29, 1.82) is 0 Å². The maximum Gasteiger partial charge on any atom is 0.416 e. The number of likely N-dealkylation sites (N-methyl/N-ethyl adjacent to an activating group) is 1. The molecule has 2 atom stereocenters. The number of alkyl halides is 6. The molecular formula is C22H23F6N3O. The second-order valence-corrected chi connectivity index (χ2v) is 7.71. The fraction of sp³-hybridized carbons (Fsp3) is 0.409. The molecule has 32 heavy (non-hydrogen) atoms. The lowest BCUT2D eigenvalue weighted by atomic mass is 10.0. The van der Waals surface area contributed by atoms with Crippen molar-refractivity contribution in [2.45, 2.75) is 31.4 Å². The van der Waals surface area contributed by atoms with E-state index in [9.17, 15) is 31.1 Å². The van der Waals surface area contributed by atoms with E-state index < -0.39 is 41.1 Å². The van der Waals surface area contributed by atoms with Gasteiger partial charge in [0.2, 0.25) is 5.91 Å². The minimum Gasteiger partial charge on any atom is -0.314 e. The summed E-state index contributed by atoms with van der Waals surface area (Å²) in [6, 6.07) is 9.65. The van der Waals surface area contributed by atoms with Gasteiger partial charge in [-0.05, 0) is 30.7 Å². The van der Waals surface area contributed by atoms with Gasteiger partial charge in [0.1, 0.15) is 0 Å². The van der Waals surface area contributed by atoms with Gasteiger partial charge < -0.3 is 10.2 Å². The first-order valence-electron chi connectivity index (χ1n) is 9.98. The number of piperazine rings is 1. The van der Waals surface area contributed by atoms with Gasteiger partial charge in [-0.1, -0.05) is 30.3 Å². The number of halogens is 6. The van der Waals surface area contributed by atoms with Gasteiger partial charge in [0, 0.05) is 38.4 Å². The summed E-state index contributed by atoms with van der Waals surface area (Å²) in [5, 5.41) is 3.25. The first kappa shape index (κ1) is 24.1. The molecule has 0 spiro atoms. The highest BCUT2D eigenvalue weighted by atomic mass is 19.4. The Kier molecular flexibility index (Phi) is 6.85. The molecule has 1 fully saturated rings. The van der Waals surface area contributed by atoms with Gasteiger partial charge in [-0.3, -0.25) is 9.69 Å². The average molecular weight is 459 g/mol. The molecule has 0 radical (unpaired) electrons. The fourth-order valence-corrected chi connectivity index (χ4v) is 3.85. The third-order valence-electron chi connectivity index (χ3n) is 5.61. The summed E-state index contributed by atoms with van der Waals surface area (Å²) in [7, 11) is 1.19. The normalized spacial score (nSPS) is 18.9. The highest BCUT2D eigenvalue weighted by molar-refractivity contribution is 5.96. The zero-order valence-electron chi connectivity index (χ0n) is 17.5. The monoisotopic (exact) mass is 459 g/mol. The predicted octanol–water partition coefficient (Wildman–Crippen LogP) is 4.72. The molecule has 4 nitrogen and oxygen atoms in total. The number of nitrogens with zero attached hydrogens (tertiary/aromatic N) is 2. The van der Waals surface area contributed by atoms with Crippen molar-refractivity contribution in [2.24, 2.45) is 0 Å². The topological polar surface area (TPSA) is 35.6 Å². The number of anilines is 1. The molecule has 1 saturated heterocycles. The molecule has 1 aliphatic heterocycles. The molecular weight excluding hydrogens is 436 g/mol. The second kappa shape index (κ2) is 9.11. The molecule has 2 aromatic carbocycles. The summed E-state index contributed by atoms with van der Waals surface area (Å²) in [5.41, 5.74) is -2.42. The Labute approximate surface area is 181 Å². The van der Waals surface area contributed by atoms with E-state index in [1.165, 1.54) is 7.05 Å². The number of amides is 1. The standard InChI is InChI=1S/C22H23F6N3O/c1-14(31-9-8-29-13-19(31)15-6-4-3-5-7-15)20(32)30(2)18-11-16(21(23,24)25)10-17(12-18)22(26,27)28/h3-7,10-12,14,19,29H,8-9,13H2,1-2H3. The van der Waals surface area contributed by atoms with E-state index in [1.807, 2.05) is 35.2 Å². The van der Waals surface area contributed by atoms with Gasteiger partial charge in [0.25, 0.3) is 0 Å². The number of carbonyl (C=O) groups is 1. The Morgan fingerprint density at radius 2 is 1.59 bits per heavy atom. The molecule has 10 heteroatoms. The summed E-state index contributed by atoms with van der Waals surface area (Å²) in [4.78, 5) is 15.9. The lowest BCUT2D eigenvalue weighted by molar-refractivity contribution is -0.143. The number of nitrogens with one attached hydrogen (secondary N) is 1. The van der Waals surface area contributed by atoms with E-state index in [0.717, 1.165) is 10.5 Å². The van der Waals surface area contributed by atoms with Gasteiger partial charge in [0.15, 0.2) is 0 Å². The maximum absolute atomic E-state index is 13.2. The Bertz CT molecular complexity index is 913. The zero-order valence-corrected chi connectivity index (χ0v) is 17.5. The van der Waals surface area contributed by atoms with Crippen molar-refractivity contribution < 1.29 is 31.1 Å². The quantitative estimate of drug-likeness (QED) is 0.672. The molecule has 0 aliphatic carbocycles. The van der Waals surface area contributed by atoms with Crippen LogP contribution < -0.4 is 10.2 Å². The minimum absolute atomic E-state index is 0.0486. The third kappa shape index (κ3) is 5.24. The Morgan fingerprint density at radius 3 is 2.12 bits per heavy atom. The van der Waals surface area contributed by atoms with Crippen LogP contribution in [-0.4, -0.2) is 43.5 Å². The summed E-state index contributed by atoms with van der Waals surface area (Å²) in [6.45, 7) is 3.27. The highest BCUT2D eigenvalue weighted by Crippen LogP contribution is 2.38. The molecule has 0 bridgehead atoms. The average Bonchev–Trinajstić information content (AvgIpc) is 2.76. The van der Waals surface area contributed by atoms with E-state index in [0.29, 0.717) is 31.8 Å². The van der Waals surface area contributed by atoms with Crippen LogP contribution in [0.25, 0.3) is 0 Å². The molecule has 3 rings (SSSR count). The van der Waals surface area contributed by atoms with Crippen molar-refractivity contribution in [3.8, 4) is 0 Å². The largest absolute Gasteiger partial charge is 0.416 e. The van der Waals surface area contributed by atoms with Gasteiger partial charge in [-0.2, -0.15) is 26.3 Å². The van der Waals surface area contributed by atoms with E-state index in [4.69, 9.17) is 0 Å². The maximum atomic E-state index is 13.2. The van der Waals surface area contributed by atoms with Crippen molar-refractivity contribution in [3.05, 3.63) is 65.2 Å². The van der Waals surface area contributed by atoms with Crippen molar-refractivity contribution in [2.75, 3.05) is 31.6 Å². The van der Waals surface area contributed by atoms with Crippen molar-refractivity contribution >= 4 is 11.6 Å². The van der Waals surface area contributed by atoms with Crippen LogP contribution in [0.3, 0.4) is 0 Å². The first-order chi connectivity index (χ1) is 14.9. The Hall–Kier alpha value is -2.59. The van der Waals surface area contributed by atoms with Crippen LogP contribution in [0.1, 0.15) is 29.7 Å². The van der Waals surface area contributed by atoms with Crippen LogP contribution in [0.2, 0.25) is 0 Å². The molecule has 1 N–H and O–H groups in total. The van der Waals surface area contributed by atoms with Crippen LogP contribution in [0.15, 0.2) is 48.5 Å². The summed E-state index contributed by atoms with van der Waals surface area (Å²) in [6.07, 6.45) is -9.97. The molecule has 174 valence electrons. The van der Waals surface area contributed by atoms with E-state index >= 15 is 0 Å². The molecule has 1 aliphatic rings. The number of rotatable bonds is 4. The van der Waals surface area contributed by atoms with Crippen LogP contribution in [0.4, 0.5) is 32.0 Å². The SMILES string of the molecule is CC(C(=O)N(C)c1cc(C(F)(F)F)cc(C(F)(F)F)c1)N1CCNCC1c1ccccc1. The predicted molar refractivity (Wildman–Crippen MR) is 108 cm³/mol. The molecule has 2 aromatic rings. The molecule has 1 amide bonds. The van der Waals surface area contributed by atoms with Crippen LogP contribution >= 0.6 is 0 Å². The molecule has 0 saturated carbocycles. The van der Waals surface area contributed by atoms with E-state index in [1.54, 1.807) is 6.92 Å². The summed E-state index contributed by atoms with van der Waals surface area (Å²) < 4.78 is 79.2. The Morgan fingerprint density at radius 1 is 1.03 bits per heavy atom. The van der Waals surface area contributed by atoms with Gasteiger partial charge in [-0.15, -0.1) is 0 Å². The van der Waals surface area contributed by atoms with Crippen LogP contribution in [0, 0.1) is 0 Å². The van der Waals surface area contributed by atoms with E-state index in [-0.39, 0.29) is 12.1 Å². The lowest BCUT2D eigenvalue weighted by Gasteiger charge is -2.41. The second-order valence-electron chi connectivity index (χ2n) is 7.71. The minimum atomic E-state index is -4.98. The first-order valence-corrected chi connectivity index (χ1v) is 9.98. The third-order valence-corrected chi connectivity index (χ3v) is 5.61. The molecule has 2 unspecified atom stereocenters. The molecule has 1 heterocycles. The van der Waals surface area contributed by atoms with Gasteiger partial charge in [0.05, 0.1) is 17.2 Å². The number of benzene rings is 2. The zero-order chi connectivity index (χ0) is 23.7. The van der Waals surface area contributed by atoms with Crippen LogP contribution in [0.5, 0.6) is 0 Å². The van der Waals surface area contributed by atoms with Gasteiger partial charge in [-0.25, -0.2) is 0 Å². The number of hydrogen-bond acceptors (Lipinski definition) is 3. The Balaban J connectivity index is 1.91. The van der Waals surface area contributed by atoms with Gasteiger partial charge >= 0.3 is 12.4 Å². The smallest absolute Gasteiger partial charge is 0.314 e. The summed E-state index contributed by atoms with van der Waals surface area (Å²) >= 11 is 0.